The molecule has 0 aliphatic carbocycles. The minimum Gasteiger partial charge on any atom is -0.412 e. The Morgan fingerprint density at radius 1 is 1.00 bits per heavy atom. The van der Waals surface area contributed by atoms with Crippen LogP contribution in [0.15, 0.2) is 13.2 Å². The summed E-state index contributed by atoms with van der Waals surface area (Å²) in [6.45, 7) is 6.00. The van der Waals surface area contributed by atoms with E-state index in [1.54, 1.807) is 0 Å². The van der Waals surface area contributed by atoms with Crippen molar-refractivity contribution in [3.63, 3.8) is 0 Å². The molecule has 0 rings (SSSR count). The van der Waals surface area contributed by atoms with Gasteiger partial charge in [-0.2, -0.15) is 0 Å². The molecule has 0 aromatic rings. The van der Waals surface area contributed by atoms with Crippen molar-refractivity contribution in [2.45, 2.75) is 7.43 Å². The first kappa shape index (κ1) is 143. The lowest BCUT2D eigenvalue weighted by Crippen LogP contribution is -0.552. The number of rotatable bonds is 0. The van der Waals surface area contributed by atoms with Crippen LogP contribution in [-0.4, -0.2) is 5.48 Å². The van der Waals surface area contributed by atoms with Crippen molar-refractivity contribution in [1.29, 1.82) is 0 Å². The molecule has 0 aliphatic heterocycles. The van der Waals surface area contributed by atoms with E-state index in [2.05, 4.69) is 13.2 Å². The largest absolute Gasteiger partial charge is 0.412 e. The first-order valence-corrected chi connectivity index (χ1v) is 0.500. The molecule has 0 unspecified atom stereocenters. The fraction of sp³-hybridized carbons (Fsp3) is 0.333. The third kappa shape index (κ3) is 87.2. The maximum Gasteiger partial charge on any atom is -0.0776 e. The average Bonchev–Trinajstić information content (AvgIpc) is 1.00. The predicted molar refractivity (Wildman–Crippen MR) is 26.6 cm³/mol. The minimum absolute atomic E-state index is 0. The Hall–Kier alpha value is -0.340. The van der Waals surface area contributed by atoms with Gasteiger partial charge in [-0.15, -0.1) is 13.2 Å². The third-order valence-corrected chi connectivity index (χ3v) is 0. The molecule has 0 saturated heterocycles. The van der Waals surface area contributed by atoms with Gasteiger partial charge in [-0.3, -0.25) is 0 Å². The molecule has 2 nitrogen and oxygen atoms in total. The summed E-state index contributed by atoms with van der Waals surface area (Å²) >= 11 is 0. The topological polar surface area (TPSA) is 66.5 Å². The molecule has 0 bridgehead atoms. The Balaban J connectivity index is -0.00000000167. The van der Waals surface area contributed by atoms with E-state index in [9.17, 15) is 0 Å². The van der Waals surface area contributed by atoms with Crippen molar-refractivity contribution >= 4 is 0 Å². The normalized spacial score (nSPS) is 0.800. The van der Waals surface area contributed by atoms with E-state index in [1.807, 2.05) is 0 Å². The van der Waals surface area contributed by atoms with Crippen LogP contribution in [0.1, 0.15) is 7.43 Å². The molecule has 2 heteroatoms. The van der Waals surface area contributed by atoms with Gasteiger partial charge in [0.2, 0.25) is 0 Å². The van der Waals surface area contributed by atoms with Crippen LogP contribution in [-0.2, 0) is 0 Å². The van der Waals surface area contributed by atoms with Gasteiger partial charge in [-0.05, 0) is 0 Å². The molecule has 0 fully saturated rings. The molecular weight excluding hydrogens is 66.0 g/mol. The van der Waals surface area contributed by atoms with Crippen LogP contribution in [0, 0.1) is 0 Å². The van der Waals surface area contributed by atoms with Crippen LogP contribution >= 0.6 is 0 Å². The molecule has 0 heterocycles. The molecule has 0 amide bonds. The summed E-state index contributed by atoms with van der Waals surface area (Å²) in [5.41, 5.74) is 0. The van der Waals surface area contributed by atoms with Crippen molar-refractivity contribution in [2.24, 2.45) is 0 Å². The lowest BCUT2D eigenvalue weighted by atomic mass is 11.3. The molecule has 0 aromatic heterocycles. The zero-order valence-electron chi connectivity index (χ0n) is 2.62. The summed E-state index contributed by atoms with van der Waals surface area (Å²) in [7, 11) is 0. The lowest BCUT2D eigenvalue weighted by Gasteiger charge is -0.813. The second kappa shape index (κ2) is 224. The first-order valence-electron chi connectivity index (χ1n) is 0.500. The molecule has 0 aromatic carbocycles. The first-order chi connectivity index (χ1) is 1.00. The summed E-state index contributed by atoms with van der Waals surface area (Å²) in [6, 6.07) is 0. The van der Waals surface area contributed by atoms with Crippen molar-refractivity contribution in [2.75, 3.05) is 0 Å². The molecular formula is C3H13NO. The quantitative estimate of drug-likeness (QED) is 0.428. The fourth-order valence-corrected chi connectivity index (χ4v) is 0. The Labute approximate surface area is 33.4 Å². The summed E-state index contributed by atoms with van der Waals surface area (Å²) in [4.78, 5) is 0. The minimum atomic E-state index is 0. The van der Waals surface area contributed by atoms with Crippen molar-refractivity contribution in [3.05, 3.63) is 13.2 Å². The van der Waals surface area contributed by atoms with Crippen molar-refractivity contribution < 1.29 is 5.48 Å². The molecule has 0 saturated carbocycles. The molecule has 36 valence electrons. The van der Waals surface area contributed by atoms with E-state index in [0.717, 1.165) is 0 Å². The van der Waals surface area contributed by atoms with Crippen molar-refractivity contribution in [3.8, 4) is 0 Å². The molecule has 5 heavy (non-hydrogen) atoms. The van der Waals surface area contributed by atoms with E-state index < -0.39 is 0 Å². The smallest absolute Gasteiger partial charge is 0.0776 e. The van der Waals surface area contributed by atoms with Crippen molar-refractivity contribution in [1.82, 2.24) is 6.15 Å². The monoisotopic (exact) mass is 79.1 g/mol. The predicted octanol–water partition coefficient (Wildman–Crippen LogP) is 0.776. The van der Waals surface area contributed by atoms with E-state index in [1.165, 1.54) is 0 Å². The van der Waals surface area contributed by atoms with E-state index in [0.29, 0.717) is 0 Å². The van der Waals surface area contributed by atoms with Crippen LogP contribution in [0.4, 0.5) is 0 Å². The van der Waals surface area contributed by atoms with Gasteiger partial charge in [0, 0.05) is 0 Å². The highest BCUT2D eigenvalue weighted by Gasteiger charge is 0.601. The van der Waals surface area contributed by atoms with Crippen LogP contribution in [0.25, 0.3) is 0 Å². The van der Waals surface area contributed by atoms with Gasteiger partial charge in [0.15, 0.2) is 0 Å². The Morgan fingerprint density at radius 2 is 1.00 bits per heavy atom. The number of hydrogen-bond donors (Lipinski definition) is 1. The summed E-state index contributed by atoms with van der Waals surface area (Å²) in [5.74, 6) is 0. The zero-order chi connectivity index (χ0) is 2.00. The molecule has 0 aliphatic rings. The van der Waals surface area contributed by atoms with Gasteiger partial charge < -0.3 is 11.6 Å². The summed E-state index contributed by atoms with van der Waals surface area (Å²) in [5, 5.41) is 0. The summed E-state index contributed by atoms with van der Waals surface area (Å²) < 4.78 is 0. The maximum atomic E-state index is 3.00. The highest BCUT2D eigenvalue weighted by atomic mass is 16.0. The number of hydrogen-bond acceptors (Lipinski definition) is 1. The fourth-order valence-electron chi connectivity index (χ4n) is 0. The van der Waals surface area contributed by atoms with Crippen LogP contribution in [0.5, 0.6) is 0 Å². The maximum absolute atomic E-state index is 3.00. The van der Waals surface area contributed by atoms with Crippen LogP contribution in [0.3, 0.4) is 0 Å². The molecule has 0 spiro atoms. The average molecular weight is 79.1 g/mol. The lowest BCUT2D eigenvalue weighted by molar-refractivity contribution is 0.824. The highest BCUT2D eigenvalue weighted by molar-refractivity contribution is 4.22. The standard InChI is InChI=1S/C2H4.CH4.H3N.H2O/c1-2;;;/h1-2H2;1H4;1H3;1H2. The zero-order valence-corrected chi connectivity index (χ0v) is 2.62. The summed E-state index contributed by atoms with van der Waals surface area (Å²) in [6.07, 6.45) is 0. The van der Waals surface area contributed by atoms with Gasteiger partial charge in [0.25, 0.3) is 0 Å². The van der Waals surface area contributed by atoms with Crippen LogP contribution in [0.2, 0.25) is 0 Å². The molecule has 0 radical (unpaired) electrons. The van der Waals surface area contributed by atoms with Gasteiger partial charge >= 0.3 is 0 Å². The highest BCUT2D eigenvalue weighted by Crippen LogP contribution is 0.862. The van der Waals surface area contributed by atoms with E-state index in [4.69, 9.17) is 0 Å². The van der Waals surface area contributed by atoms with Gasteiger partial charge in [0.05, 0.1) is 0 Å². The Bertz CT molecular complexity index is 6.85. The molecule has 5 N–H and O–H groups in total. The third-order valence-electron chi connectivity index (χ3n) is 0. The Morgan fingerprint density at radius 3 is 1.00 bits per heavy atom. The van der Waals surface area contributed by atoms with Gasteiger partial charge in [0.1, 0.15) is 0 Å². The second-order valence-electron chi connectivity index (χ2n) is 0. The second-order valence-corrected chi connectivity index (χ2v) is 0. The Kier molecular flexibility index (Phi) is 6420. The van der Waals surface area contributed by atoms with Gasteiger partial charge in [-0.25, -0.2) is 0 Å². The SMILES string of the molecule is C.C=C.N.O. The van der Waals surface area contributed by atoms with E-state index in [-0.39, 0.29) is 19.1 Å². The van der Waals surface area contributed by atoms with Gasteiger partial charge in [-0.1, -0.05) is 7.43 Å². The molecule has 0 atom stereocenters. The van der Waals surface area contributed by atoms with Crippen LogP contribution < -0.4 is 6.15 Å². The van der Waals surface area contributed by atoms with E-state index >= 15 is 0 Å².